The lowest BCUT2D eigenvalue weighted by Crippen LogP contribution is -2.16. The molecule has 0 fully saturated rings. The molecule has 4 rings (SSSR count). The molecule has 4 aromatic rings. The van der Waals surface area contributed by atoms with Crippen molar-refractivity contribution in [2.75, 3.05) is 0 Å². The summed E-state index contributed by atoms with van der Waals surface area (Å²) >= 11 is 3.40. The van der Waals surface area contributed by atoms with E-state index in [2.05, 4.69) is 26.5 Å². The van der Waals surface area contributed by atoms with Gasteiger partial charge in [-0.2, -0.15) is 5.10 Å². The molecule has 7 nitrogen and oxygen atoms in total. The van der Waals surface area contributed by atoms with Crippen LogP contribution in [-0.2, 0) is 0 Å². The van der Waals surface area contributed by atoms with E-state index in [1.807, 2.05) is 43.5 Å². The van der Waals surface area contributed by atoms with Crippen molar-refractivity contribution >= 4 is 45.0 Å². The van der Waals surface area contributed by atoms with Crippen LogP contribution in [0.25, 0.3) is 16.7 Å². The van der Waals surface area contributed by atoms with Gasteiger partial charge in [-0.25, -0.2) is 10.2 Å². The second-order valence-corrected chi connectivity index (χ2v) is 8.38. The first kappa shape index (κ1) is 21.6. The third kappa shape index (κ3) is 4.09. The molecule has 2 aromatic heterocycles. The Labute approximate surface area is 192 Å². The number of aromatic carboxylic acids is 1. The van der Waals surface area contributed by atoms with Crippen molar-refractivity contribution in [2.24, 2.45) is 5.10 Å². The number of nitrogens with zero attached hydrogens (tertiary/aromatic N) is 2. The van der Waals surface area contributed by atoms with Crippen LogP contribution in [0.4, 0.5) is 0 Å². The Hall–Kier alpha value is -3.65. The van der Waals surface area contributed by atoms with Gasteiger partial charge in [-0.3, -0.25) is 4.79 Å². The van der Waals surface area contributed by atoms with E-state index in [1.54, 1.807) is 36.5 Å². The topological polar surface area (TPSA) is 96.8 Å². The number of carbonyl (C=O) groups is 2. The summed E-state index contributed by atoms with van der Waals surface area (Å²) in [5.41, 5.74) is 7.82. The van der Waals surface area contributed by atoms with E-state index >= 15 is 0 Å². The monoisotopic (exact) mass is 493 g/mol. The summed E-state index contributed by atoms with van der Waals surface area (Å²) in [7, 11) is 0. The minimum Gasteiger partial charge on any atom is -0.478 e. The highest BCUT2D eigenvalue weighted by Crippen LogP contribution is 2.24. The largest absolute Gasteiger partial charge is 0.478 e. The van der Waals surface area contributed by atoms with Gasteiger partial charge >= 0.3 is 11.9 Å². The Balaban J connectivity index is 1.55. The van der Waals surface area contributed by atoms with E-state index in [0.29, 0.717) is 5.58 Å². The number of carbonyl (C=O) groups excluding carboxylic acids is 1. The number of carboxylic acid groups (broad SMARTS) is 1. The molecule has 0 bridgehead atoms. The number of hydrogen-bond acceptors (Lipinski definition) is 4. The molecular weight excluding hydrogens is 474 g/mol. The number of fused-ring (bicyclic) bond motifs is 1. The highest BCUT2D eigenvalue weighted by Gasteiger charge is 2.14. The maximum absolute atomic E-state index is 12.4. The molecule has 0 saturated heterocycles. The molecule has 8 heteroatoms. The van der Waals surface area contributed by atoms with Crippen molar-refractivity contribution in [3.05, 3.63) is 86.8 Å². The molecule has 1 amide bonds. The number of amides is 1. The van der Waals surface area contributed by atoms with Crippen molar-refractivity contribution in [2.45, 2.75) is 20.8 Å². The SMILES string of the molecule is Cc1cc(C(=O)O)ccc1-n1c(C)cc(/C=N/NC(=O)c2cc3cc(Br)ccc3o2)c1C. The lowest BCUT2D eigenvalue weighted by molar-refractivity contribution is 0.0696. The summed E-state index contributed by atoms with van der Waals surface area (Å²) in [6.45, 7) is 5.78. The first-order chi connectivity index (χ1) is 15.2. The standard InChI is InChI=1S/C24H20BrN3O4/c1-13-8-16(24(30)31)4-6-20(13)28-14(2)9-18(15(28)3)12-26-27-23(29)22-11-17-10-19(25)5-7-21(17)32-22/h4-12H,1-3H3,(H,27,29)(H,30,31)/b26-12+. The van der Waals surface area contributed by atoms with Crippen molar-refractivity contribution in [3.63, 3.8) is 0 Å². The molecule has 0 aliphatic heterocycles. The number of halogens is 1. The molecule has 0 aliphatic carbocycles. The average molecular weight is 494 g/mol. The molecule has 2 N–H and O–H groups in total. The van der Waals surface area contributed by atoms with E-state index in [9.17, 15) is 14.7 Å². The molecule has 32 heavy (non-hydrogen) atoms. The quantitative estimate of drug-likeness (QED) is 0.288. The van der Waals surface area contributed by atoms with Gasteiger partial charge in [0.25, 0.3) is 0 Å². The number of carboxylic acids is 1. The highest BCUT2D eigenvalue weighted by atomic mass is 79.9. The van der Waals surface area contributed by atoms with Gasteiger partial charge in [-0.1, -0.05) is 15.9 Å². The predicted molar refractivity (Wildman–Crippen MR) is 126 cm³/mol. The molecule has 0 radical (unpaired) electrons. The third-order valence-electron chi connectivity index (χ3n) is 5.23. The van der Waals surface area contributed by atoms with Crippen molar-refractivity contribution < 1.29 is 19.1 Å². The van der Waals surface area contributed by atoms with E-state index in [1.165, 1.54) is 0 Å². The lowest BCUT2D eigenvalue weighted by Gasteiger charge is -2.13. The number of rotatable bonds is 5. The fraction of sp³-hybridized carbons (Fsp3) is 0.125. The van der Waals surface area contributed by atoms with Crippen LogP contribution in [0.1, 0.15) is 43.4 Å². The van der Waals surface area contributed by atoms with Gasteiger partial charge in [0.1, 0.15) is 5.58 Å². The van der Waals surface area contributed by atoms with Crippen LogP contribution in [0.5, 0.6) is 0 Å². The maximum Gasteiger partial charge on any atom is 0.335 e. The van der Waals surface area contributed by atoms with Gasteiger partial charge in [-0.05, 0) is 74.9 Å². The van der Waals surface area contributed by atoms with E-state index in [0.717, 1.165) is 38.1 Å². The van der Waals surface area contributed by atoms with Crippen LogP contribution in [-0.4, -0.2) is 27.8 Å². The van der Waals surface area contributed by atoms with Crippen LogP contribution < -0.4 is 5.43 Å². The lowest BCUT2D eigenvalue weighted by atomic mass is 10.1. The molecule has 0 spiro atoms. The summed E-state index contributed by atoms with van der Waals surface area (Å²) in [5.74, 6) is -1.22. The minimum absolute atomic E-state index is 0.176. The van der Waals surface area contributed by atoms with Gasteiger partial charge < -0.3 is 14.1 Å². The van der Waals surface area contributed by atoms with Crippen LogP contribution in [0, 0.1) is 20.8 Å². The summed E-state index contributed by atoms with van der Waals surface area (Å²) in [5, 5.41) is 14.1. The number of hydrazone groups is 1. The second-order valence-electron chi connectivity index (χ2n) is 7.46. The first-order valence-corrected chi connectivity index (χ1v) is 10.6. The predicted octanol–water partition coefficient (Wildman–Crippen LogP) is 5.37. The second kappa shape index (κ2) is 8.47. The van der Waals surface area contributed by atoms with Crippen LogP contribution in [0.15, 0.2) is 62.5 Å². The Bertz CT molecular complexity index is 1400. The van der Waals surface area contributed by atoms with E-state index < -0.39 is 11.9 Å². The number of nitrogens with one attached hydrogen (secondary N) is 1. The fourth-order valence-corrected chi connectivity index (χ4v) is 4.05. The first-order valence-electron chi connectivity index (χ1n) is 9.80. The molecule has 162 valence electrons. The fourth-order valence-electron chi connectivity index (χ4n) is 3.67. The molecule has 0 saturated carbocycles. The molecule has 2 heterocycles. The van der Waals surface area contributed by atoms with Crippen molar-refractivity contribution in [1.29, 1.82) is 0 Å². The third-order valence-corrected chi connectivity index (χ3v) is 5.72. The Morgan fingerprint density at radius 1 is 1.09 bits per heavy atom. The Morgan fingerprint density at radius 3 is 2.59 bits per heavy atom. The summed E-state index contributed by atoms with van der Waals surface area (Å²) in [6.07, 6.45) is 1.58. The zero-order valence-corrected chi connectivity index (χ0v) is 19.2. The zero-order chi connectivity index (χ0) is 23.0. The summed E-state index contributed by atoms with van der Waals surface area (Å²) in [6, 6.07) is 14.2. The van der Waals surface area contributed by atoms with Gasteiger partial charge in [0.2, 0.25) is 0 Å². The highest BCUT2D eigenvalue weighted by molar-refractivity contribution is 9.10. The normalized spacial score (nSPS) is 11.4. The van der Waals surface area contributed by atoms with Gasteiger partial charge in [0, 0.05) is 32.5 Å². The zero-order valence-electron chi connectivity index (χ0n) is 17.6. The number of benzene rings is 2. The van der Waals surface area contributed by atoms with Gasteiger partial charge in [0.05, 0.1) is 11.8 Å². The molecule has 2 aromatic carbocycles. The average Bonchev–Trinajstić information content (AvgIpc) is 3.28. The Kier molecular flexibility index (Phi) is 5.71. The summed E-state index contributed by atoms with van der Waals surface area (Å²) < 4.78 is 8.51. The number of aromatic nitrogens is 1. The van der Waals surface area contributed by atoms with Gasteiger partial charge in [-0.15, -0.1) is 0 Å². The van der Waals surface area contributed by atoms with Crippen LogP contribution in [0.2, 0.25) is 0 Å². The molecule has 0 aliphatic rings. The molecular formula is C24H20BrN3O4. The van der Waals surface area contributed by atoms with Crippen molar-refractivity contribution in [1.82, 2.24) is 9.99 Å². The van der Waals surface area contributed by atoms with Crippen LogP contribution in [0.3, 0.4) is 0 Å². The van der Waals surface area contributed by atoms with E-state index in [4.69, 9.17) is 4.42 Å². The Morgan fingerprint density at radius 2 is 1.88 bits per heavy atom. The molecule has 0 unspecified atom stereocenters. The number of aryl methyl sites for hydroxylation is 2. The summed E-state index contributed by atoms with van der Waals surface area (Å²) in [4.78, 5) is 23.6. The van der Waals surface area contributed by atoms with E-state index in [-0.39, 0.29) is 11.3 Å². The van der Waals surface area contributed by atoms with Crippen molar-refractivity contribution in [3.8, 4) is 5.69 Å². The maximum atomic E-state index is 12.4. The van der Waals surface area contributed by atoms with Gasteiger partial charge in [0.15, 0.2) is 5.76 Å². The smallest absolute Gasteiger partial charge is 0.335 e. The van der Waals surface area contributed by atoms with Crippen LogP contribution >= 0.6 is 15.9 Å². The minimum atomic E-state index is -0.957. The number of hydrogen-bond donors (Lipinski definition) is 2. The molecule has 0 atom stereocenters. The number of furan rings is 1.